The second-order valence-corrected chi connectivity index (χ2v) is 6.64. The van der Waals surface area contributed by atoms with Gasteiger partial charge in [-0.3, -0.25) is 14.5 Å². The van der Waals surface area contributed by atoms with Crippen molar-refractivity contribution >= 4 is 59.1 Å². The predicted octanol–water partition coefficient (Wildman–Crippen LogP) is -0.689. The average Bonchev–Trinajstić information content (AvgIpc) is 2.58. The molecule has 3 rings (SSSR count). The summed E-state index contributed by atoms with van der Waals surface area (Å²) in [7, 11) is 0. The van der Waals surface area contributed by atoms with Crippen LogP contribution < -0.4 is 5.32 Å². The Balaban J connectivity index is 0.00000225. The molecule has 7 nitrogen and oxygen atoms in total. The zero-order valence-electron chi connectivity index (χ0n) is 12.6. The zero-order chi connectivity index (χ0) is 17.3. The number of aliphatic hydroxyl groups excluding tert-OH is 1. The van der Waals surface area contributed by atoms with Gasteiger partial charge in [0.25, 0.3) is 5.91 Å². The summed E-state index contributed by atoms with van der Waals surface area (Å²) in [6.45, 7) is -0.407. The van der Waals surface area contributed by atoms with Crippen LogP contribution in [-0.2, 0) is 20.8 Å². The van der Waals surface area contributed by atoms with Crippen molar-refractivity contribution in [3.05, 3.63) is 47.2 Å². The van der Waals surface area contributed by atoms with E-state index in [2.05, 4.69) is 5.32 Å². The van der Waals surface area contributed by atoms with E-state index in [1.54, 1.807) is 0 Å². The van der Waals surface area contributed by atoms with E-state index >= 15 is 0 Å². The number of fused-ring (bicyclic) bond motifs is 1. The quantitative estimate of drug-likeness (QED) is 0.467. The molecule has 0 bridgehead atoms. The van der Waals surface area contributed by atoms with Gasteiger partial charge in [0.05, 0.1) is 13.0 Å². The van der Waals surface area contributed by atoms with Crippen molar-refractivity contribution in [2.24, 2.45) is 0 Å². The van der Waals surface area contributed by atoms with Crippen molar-refractivity contribution in [1.29, 1.82) is 0 Å². The van der Waals surface area contributed by atoms with Gasteiger partial charge >= 0.3 is 35.5 Å². The van der Waals surface area contributed by atoms with Crippen molar-refractivity contribution in [3.8, 4) is 0 Å². The number of nitrogens with one attached hydrogen (secondary N) is 1. The molecule has 0 spiro atoms. The van der Waals surface area contributed by atoms with Gasteiger partial charge in [0.15, 0.2) is 0 Å². The summed E-state index contributed by atoms with van der Waals surface area (Å²) in [5.41, 5.74) is 0.981. The van der Waals surface area contributed by atoms with Crippen molar-refractivity contribution in [3.63, 3.8) is 0 Å². The summed E-state index contributed by atoms with van der Waals surface area (Å²) in [4.78, 5) is 36.9. The van der Waals surface area contributed by atoms with Gasteiger partial charge in [-0.25, -0.2) is 4.79 Å². The monoisotopic (exact) mass is 372 g/mol. The maximum absolute atomic E-state index is 12.3. The number of β-lactam (4-membered cyclic amide) rings is 1. The summed E-state index contributed by atoms with van der Waals surface area (Å²) < 4.78 is 0. The van der Waals surface area contributed by atoms with E-state index in [0.717, 1.165) is 10.5 Å². The van der Waals surface area contributed by atoms with E-state index < -0.39 is 29.9 Å². The number of rotatable bonds is 5. The third kappa shape index (κ3) is 3.93. The number of benzene rings is 1. The number of thioether (sulfide) groups is 1. The first kappa shape index (κ1) is 20.0. The molecule has 2 aliphatic rings. The molecule has 0 unspecified atom stereocenters. The van der Waals surface area contributed by atoms with Gasteiger partial charge in [-0.2, -0.15) is 0 Å². The second-order valence-electron chi connectivity index (χ2n) is 5.53. The third-order valence-corrected chi connectivity index (χ3v) is 5.30. The maximum atomic E-state index is 12.3. The Kier molecular flexibility index (Phi) is 6.70. The summed E-state index contributed by atoms with van der Waals surface area (Å²) in [5, 5.41) is 20.8. The number of carboxylic acid groups (broad SMARTS) is 1. The number of aliphatic hydroxyl groups is 1. The fourth-order valence-corrected chi connectivity index (χ4v) is 4.15. The van der Waals surface area contributed by atoms with Crippen LogP contribution in [0.5, 0.6) is 0 Å². The Morgan fingerprint density at radius 2 is 1.96 bits per heavy atom. The van der Waals surface area contributed by atoms with Crippen LogP contribution in [0.3, 0.4) is 0 Å². The third-order valence-electron chi connectivity index (χ3n) is 3.96. The normalized spacial score (nSPS) is 21.8. The SMILES string of the molecule is O=C(Cc1ccccc1)N[C@@H]1C(=O)N2C(C(=O)O)=C(CO)CS[C@H]12.[NaH]. The first-order valence-electron chi connectivity index (χ1n) is 7.37. The Labute approximate surface area is 170 Å². The standard InChI is InChI=1S/C16H16N2O5S.Na.H/c19-7-10-8-24-15-12(14(21)18(15)13(10)16(22)23)17-11(20)6-9-4-2-1-3-5-9;;/h1-5,12,15,19H,6-8H2,(H,17,20)(H,22,23);;/t12-,15-;;/m1../s1. The van der Waals surface area contributed by atoms with Gasteiger partial charge in [-0.1, -0.05) is 30.3 Å². The molecular weight excluding hydrogens is 355 g/mol. The van der Waals surface area contributed by atoms with Crippen molar-refractivity contribution in [1.82, 2.24) is 10.2 Å². The number of aliphatic carboxylic acids is 1. The number of carbonyl (C=O) groups is 3. The van der Waals surface area contributed by atoms with E-state index in [1.807, 2.05) is 30.3 Å². The first-order chi connectivity index (χ1) is 11.5. The Morgan fingerprint density at radius 3 is 2.56 bits per heavy atom. The van der Waals surface area contributed by atoms with E-state index in [1.165, 1.54) is 11.8 Å². The molecule has 9 heteroatoms. The fraction of sp³-hybridized carbons (Fsp3) is 0.312. The number of carbonyl (C=O) groups excluding carboxylic acids is 2. The van der Waals surface area contributed by atoms with Crippen molar-refractivity contribution in [2.45, 2.75) is 17.8 Å². The summed E-state index contributed by atoms with van der Waals surface area (Å²) in [5.74, 6) is -1.67. The molecule has 2 amide bonds. The zero-order valence-corrected chi connectivity index (χ0v) is 13.5. The second kappa shape index (κ2) is 8.37. The molecule has 0 aliphatic carbocycles. The van der Waals surface area contributed by atoms with Gasteiger partial charge in [0, 0.05) is 5.75 Å². The molecule has 3 N–H and O–H groups in total. The van der Waals surface area contributed by atoms with Crippen molar-refractivity contribution in [2.75, 3.05) is 12.4 Å². The fourth-order valence-electron chi connectivity index (χ4n) is 2.81. The van der Waals surface area contributed by atoms with Crippen LogP contribution in [0.25, 0.3) is 0 Å². The van der Waals surface area contributed by atoms with Crippen LogP contribution in [-0.4, -0.2) is 86.2 Å². The van der Waals surface area contributed by atoms with E-state index in [4.69, 9.17) is 0 Å². The predicted molar refractivity (Wildman–Crippen MR) is 94.1 cm³/mol. The van der Waals surface area contributed by atoms with Crippen LogP contribution in [0.1, 0.15) is 5.56 Å². The number of hydrogen-bond donors (Lipinski definition) is 3. The van der Waals surface area contributed by atoms with Gasteiger partial charge < -0.3 is 15.5 Å². The number of carboxylic acids is 1. The van der Waals surface area contributed by atoms with Gasteiger partial charge in [0.1, 0.15) is 17.1 Å². The van der Waals surface area contributed by atoms with E-state index in [9.17, 15) is 24.6 Å². The Morgan fingerprint density at radius 1 is 1.28 bits per heavy atom. The van der Waals surface area contributed by atoms with Gasteiger partial charge in [-0.05, 0) is 11.1 Å². The molecular formula is C16H17N2NaO5S. The minimum atomic E-state index is -1.24. The molecule has 2 atom stereocenters. The number of nitrogens with zero attached hydrogens (tertiary/aromatic N) is 1. The topological polar surface area (TPSA) is 107 Å². The molecule has 1 aromatic carbocycles. The molecule has 2 aliphatic heterocycles. The van der Waals surface area contributed by atoms with Gasteiger partial charge in [0.2, 0.25) is 5.91 Å². The van der Waals surface area contributed by atoms with Crippen LogP contribution in [0.15, 0.2) is 41.6 Å². The molecule has 0 aromatic heterocycles. The van der Waals surface area contributed by atoms with Crippen LogP contribution in [0.4, 0.5) is 0 Å². The molecule has 128 valence electrons. The summed E-state index contributed by atoms with van der Waals surface area (Å²) in [6, 6.07) is 8.42. The molecule has 0 saturated carbocycles. The average molecular weight is 372 g/mol. The molecule has 0 radical (unpaired) electrons. The van der Waals surface area contributed by atoms with Crippen LogP contribution >= 0.6 is 11.8 Å². The van der Waals surface area contributed by atoms with Gasteiger partial charge in [-0.15, -0.1) is 11.8 Å². The number of hydrogen-bond acceptors (Lipinski definition) is 5. The van der Waals surface area contributed by atoms with Crippen LogP contribution in [0.2, 0.25) is 0 Å². The Hall–Kier alpha value is -1.32. The molecule has 1 saturated heterocycles. The summed E-state index contributed by atoms with van der Waals surface area (Å²) >= 11 is 1.34. The molecule has 1 fully saturated rings. The van der Waals surface area contributed by atoms with Crippen molar-refractivity contribution < 1.29 is 24.6 Å². The number of amides is 2. The van der Waals surface area contributed by atoms with Crippen LogP contribution in [0, 0.1) is 0 Å². The molecule has 1 aromatic rings. The molecule has 25 heavy (non-hydrogen) atoms. The Bertz CT molecular complexity index is 724. The summed E-state index contributed by atoms with van der Waals surface area (Å²) in [6.07, 6.45) is 0.158. The first-order valence-corrected chi connectivity index (χ1v) is 8.42. The van der Waals surface area contributed by atoms with E-state index in [0.29, 0.717) is 11.3 Å². The minimum absolute atomic E-state index is 0. The molecule has 2 heterocycles. The van der Waals surface area contributed by atoms with E-state index in [-0.39, 0.29) is 47.6 Å².